The molecular formula is C12H22Cl2N4O. The van der Waals surface area contributed by atoms with Crippen LogP contribution >= 0.6 is 24.8 Å². The molecule has 0 radical (unpaired) electrons. The van der Waals surface area contributed by atoms with Gasteiger partial charge in [-0.3, -0.25) is 4.79 Å². The largest absolute Gasteiger partial charge is 0.353 e. The first-order chi connectivity index (χ1) is 8.24. The maximum absolute atomic E-state index is 11.7. The first-order valence-electron chi connectivity index (χ1n) is 6.22. The van der Waals surface area contributed by atoms with Crippen LogP contribution in [0, 0.1) is 0 Å². The number of aryl methyl sites for hydroxylation is 1. The third-order valence-corrected chi connectivity index (χ3v) is 3.15. The van der Waals surface area contributed by atoms with E-state index < -0.39 is 0 Å². The topological polar surface area (TPSA) is 59.0 Å². The maximum Gasteiger partial charge on any atom is 0.222 e. The molecule has 0 bridgehead atoms. The summed E-state index contributed by atoms with van der Waals surface area (Å²) < 4.78 is 1.92. The van der Waals surface area contributed by atoms with E-state index in [-0.39, 0.29) is 30.7 Å². The van der Waals surface area contributed by atoms with Crippen molar-refractivity contribution in [1.82, 2.24) is 20.2 Å². The van der Waals surface area contributed by atoms with Crippen LogP contribution < -0.4 is 10.6 Å². The van der Waals surface area contributed by atoms with Gasteiger partial charge in [-0.05, 0) is 26.3 Å². The summed E-state index contributed by atoms with van der Waals surface area (Å²) in [4.78, 5) is 15.7. The summed E-state index contributed by atoms with van der Waals surface area (Å²) >= 11 is 0. The first-order valence-corrected chi connectivity index (χ1v) is 6.22. The second-order valence-electron chi connectivity index (χ2n) is 4.69. The van der Waals surface area contributed by atoms with Crippen LogP contribution in [-0.4, -0.2) is 34.1 Å². The Kier molecular flexibility index (Phi) is 8.80. The van der Waals surface area contributed by atoms with Crippen LogP contribution in [0.5, 0.6) is 0 Å². The number of hydrogen-bond donors (Lipinski definition) is 2. The summed E-state index contributed by atoms with van der Waals surface area (Å²) in [6.07, 6.45) is 7.92. The van der Waals surface area contributed by atoms with Crippen LogP contribution in [0.4, 0.5) is 0 Å². The zero-order valence-corrected chi connectivity index (χ0v) is 12.7. The van der Waals surface area contributed by atoms with Gasteiger partial charge in [-0.25, -0.2) is 4.98 Å². The Morgan fingerprint density at radius 1 is 1.53 bits per heavy atom. The predicted octanol–water partition coefficient (Wildman–Crippen LogP) is 1.37. The number of aromatic nitrogens is 2. The quantitative estimate of drug-likeness (QED) is 0.883. The number of rotatable bonds is 4. The molecule has 0 aliphatic carbocycles. The highest BCUT2D eigenvalue weighted by atomic mass is 35.5. The molecule has 5 nitrogen and oxygen atoms in total. The van der Waals surface area contributed by atoms with Gasteiger partial charge in [0.15, 0.2) is 0 Å². The highest BCUT2D eigenvalue weighted by Crippen LogP contribution is 2.08. The SMILES string of the molecule is CC1CC(NC(=O)CCn2ccnc2)CCN1.Cl.Cl. The van der Waals surface area contributed by atoms with Crippen molar-refractivity contribution < 1.29 is 4.79 Å². The van der Waals surface area contributed by atoms with Crippen LogP contribution in [0.1, 0.15) is 26.2 Å². The molecule has 0 aromatic carbocycles. The average molecular weight is 309 g/mol. The van der Waals surface area contributed by atoms with Gasteiger partial charge in [0.2, 0.25) is 5.91 Å². The first kappa shape index (κ1) is 18.2. The van der Waals surface area contributed by atoms with Gasteiger partial charge < -0.3 is 15.2 Å². The Bertz CT molecular complexity index is 359. The van der Waals surface area contributed by atoms with E-state index in [9.17, 15) is 4.79 Å². The molecular weight excluding hydrogens is 287 g/mol. The minimum atomic E-state index is 0. The molecule has 1 fully saturated rings. The van der Waals surface area contributed by atoms with Gasteiger partial charge in [0.1, 0.15) is 0 Å². The fraction of sp³-hybridized carbons (Fsp3) is 0.667. The Morgan fingerprint density at radius 2 is 2.32 bits per heavy atom. The molecule has 1 aromatic rings. The molecule has 1 aliphatic rings. The number of carbonyl (C=O) groups is 1. The van der Waals surface area contributed by atoms with Crippen LogP contribution in [0.2, 0.25) is 0 Å². The van der Waals surface area contributed by atoms with Crippen LogP contribution in [0.25, 0.3) is 0 Å². The Labute approximate surface area is 126 Å². The van der Waals surface area contributed by atoms with Gasteiger partial charge in [-0.2, -0.15) is 0 Å². The number of piperidine rings is 1. The van der Waals surface area contributed by atoms with Crippen molar-refractivity contribution in [2.24, 2.45) is 0 Å². The normalized spacial score (nSPS) is 21.9. The van der Waals surface area contributed by atoms with E-state index in [1.807, 2.05) is 10.8 Å². The van der Waals surface area contributed by atoms with E-state index in [1.165, 1.54) is 0 Å². The maximum atomic E-state index is 11.7. The standard InChI is InChI=1S/C12H20N4O.2ClH/c1-10-8-11(2-4-14-10)15-12(17)3-6-16-7-5-13-9-16;;/h5,7,9-11,14H,2-4,6,8H2,1H3,(H,15,17);2*1H. The summed E-state index contributed by atoms with van der Waals surface area (Å²) in [5.41, 5.74) is 0. The smallest absolute Gasteiger partial charge is 0.222 e. The van der Waals surface area contributed by atoms with Crippen molar-refractivity contribution in [1.29, 1.82) is 0 Å². The molecule has 7 heteroatoms. The van der Waals surface area contributed by atoms with E-state index in [4.69, 9.17) is 0 Å². The number of hydrogen-bond acceptors (Lipinski definition) is 3. The summed E-state index contributed by atoms with van der Waals surface area (Å²) in [5, 5.41) is 6.47. The van der Waals surface area contributed by atoms with Gasteiger partial charge in [-0.15, -0.1) is 24.8 Å². The molecule has 2 atom stereocenters. The van der Waals surface area contributed by atoms with Crippen molar-refractivity contribution in [2.45, 2.75) is 44.8 Å². The van der Waals surface area contributed by atoms with Gasteiger partial charge in [0, 0.05) is 37.4 Å². The highest BCUT2D eigenvalue weighted by Gasteiger charge is 2.19. The van der Waals surface area contributed by atoms with Gasteiger partial charge >= 0.3 is 0 Å². The zero-order chi connectivity index (χ0) is 12.1. The lowest BCUT2D eigenvalue weighted by atomic mass is 10.0. The summed E-state index contributed by atoms with van der Waals surface area (Å²) in [6.45, 7) is 3.85. The molecule has 2 unspecified atom stereocenters. The van der Waals surface area contributed by atoms with Crippen LogP contribution in [0.3, 0.4) is 0 Å². The number of imidazole rings is 1. The predicted molar refractivity (Wildman–Crippen MR) is 80.0 cm³/mol. The Morgan fingerprint density at radius 3 is 2.95 bits per heavy atom. The molecule has 2 rings (SSSR count). The summed E-state index contributed by atoms with van der Waals surface area (Å²) in [6, 6.07) is 0.837. The van der Waals surface area contributed by atoms with E-state index >= 15 is 0 Å². The minimum absolute atomic E-state index is 0. The molecule has 1 aliphatic heterocycles. The number of nitrogens with one attached hydrogen (secondary N) is 2. The van der Waals surface area contributed by atoms with Crippen LogP contribution in [0.15, 0.2) is 18.7 Å². The molecule has 0 spiro atoms. The lowest BCUT2D eigenvalue weighted by Crippen LogP contribution is -2.46. The van der Waals surface area contributed by atoms with Gasteiger partial charge in [0.25, 0.3) is 0 Å². The molecule has 2 heterocycles. The number of amides is 1. The van der Waals surface area contributed by atoms with Gasteiger partial charge in [-0.1, -0.05) is 0 Å². The molecule has 1 aromatic heterocycles. The lowest BCUT2D eigenvalue weighted by Gasteiger charge is -2.28. The summed E-state index contributed by atoms with van der Waals surface area (Å²) in [7, 11) is 0. The van der Waals surface area contributed by atoms with E-state index in [2.05, 4.69) is 22.5 Å². The molecule has 19 heavy (non-hydrogen) atoms. The third kappa shape index (κ3) is 6.27. The molecule has 2 N–H and O–H groups in total. The number of carbonyl (C=O) groups excluding carboxylic acids is 1. The molecule has 0 saturated carbocycles. The second-order valence-corrected chi connectivity index (χ2v) is 4.69. The van der Waals surface area contributed by atoms with Crippen molar-refractivity contribution >= 4 is 30.7 Å². The average Bonchev–Trinajstić information content (AvgIpc) is 2.79. The second kappa shape index (κ2) is 9.18. The lowest BCUT2D eigenvalue weighted by molar-refractivity contribution is -0.122. The van der Waals surface area contributed by atoms with Crippen molar-refractivity contribution in [3.63, 3.8) is 0 Å². The molecule has 110 valence electrons. The summed E-state index contributed by atoms with van der Waals surface area (Å²) in [5.74, 6) is 0.137. The minimum Gasteiger partial charge on any atom is -0.353 e. The Hall–Kier alpha value is -0.780. The van der Waals surface area contributed by atoms with Crippen LogP contribution in [-0.2, 0) is 11.3 Å². The number of nitrogens with zero attached hydrogens (tertiary/aromatic N) is 2. The Balaban J connectivity index is 0.00000162. The fourth-order valence-corrected chi connectivity index (χ4v) is 2.21. The monoisotopic (exact) mass is 308 g/mol. The molecule has 1 amide bonds. The highest BCUT2D eigenvalue weighted by molar-refractivity contribution is 5.85. The van der Waals surface area contributed by atoms with E-state index in [0.29, 0.717) is 25.0 Å². The fourth-order valence-electron chi connectivity index (χ4n) is 2.21. The van der Waals surface area contributed by atoms with Gasteiger partial charge in [0.05, 0.1) is 6.33 Å². The van der Waals surface area contributed by atoms with Crippen molar-refractivity contribution in [2.75, 3.05) is 6.54 Å². The van der Waals surface area contributed by atoms with E-state index in [0.717, 1.165) is 19.4 Å². The zero-order valence-electron chi connectivity index (χ0n) is 11.0. The third-order valence-electron chi connectivity index (χ3n) is 3.15. The number of halogens is 2. The molecule has 1 saturated heterocycles. The van der Waals surface area contributed by atoms with E-state index in [1.54, 1.807) is 12.5 Å². The van der Waals surface area contributed by atoms with Crippen molar-refractivity contribution in [3.05, 3.63) is 18.7 Å². The van der Waals surface area contributed by atoms with Crippen molar-refractivity contribution in [3.8, 4) is 0 Å².